The van der Waals surface area contributed by atoms with Crippen molar-refractivity contribution in [3.63, 3.8) is 0 Å². The molecule has 0 aromatic heterocycles. The predicted molar refractivity (Wildman–Crippen MR) is 64.8 cm³/mol. The van der Waals surface area contributed by atoms with E-state index >= 15 is 0 Å². The van der Waals surface area contributed by atoms with Crippen LogP contribution in [0.25, 0.3) is 0 Å². The van der Waals surface area contributed by atoms with Crippen molar-refractivity contribution in [3.8, 4) is 5.75 Å². The first-order valence-electron chi connectivity index (χ1n) is 5.32. The lowest BCUT2D eigenvalue weighted by molar-refractivity contribution is 0.451. The van der Waals surface area contributed by atoms with Crippen LogP contribution in [0.5, 0.6) is 5.75 Å². The topological polar surface area (TPSA) is 46.2 Å². The second kappa shape index (κ2) is 4.14. The van der Waals surface area contributed by atoms with Crippen LogP contribution in [0.1, 0.15) is 36.4 Å². The number of aromatic hydroxyl groups is 1. The van der Waals surface area contributed by atoms with E-state index in [1.54, 1.807) is 0 Å². The molecule has 2 nitrogen and oxygen atoms in total. The molecule has 0 spiro atoms. The van der Waals surface area contributed by atoms with Gasteiger partial charge in [0.2, 0.25) is 0 Å². The predicted octanol–water partition coefficient (Wildman–Crippen LogP) is 3.26. The number of benzene rings is 1. The molecule has 0 bridgehead atoms. The minimum atomic E-state index is -0.0336. The molecule has 1 saturated carbocycles. The van der Waals surface area contributed by atoms with Gasteiger partial charge in [0, 0.05) is 16.1 Å². The summed E-state index contributed by atoms with van der Waals surface area (Å²) in [6.07, 6.45) is 3.58. The third-order valence-corrected chi connectivity index (χ3v) is 3.44. The maximum atomic E-state index is 9.92. The molecular weight excluding hydrogens is 254 g/mol. The summed E-state index contributed by atoms with van der Waals surface area (Å²) in [5, 5.41) is 9.92. The fraction of sp³-hybridized carbons (Fsp3) is 0.500. The molecule has 82 valence electrons. The highest BCUT2D eigenvalue weighted by Gasteiger charge is 2.26. The standard InChI is InChI=1S/C12H16BrNO/c1-7-4-9(13)6-10(12(7)15)11(14)5-8-2-3-8/h4,6,8,11,15H,2-3,5,14H2,1H3/t11-/m0/s1. The number of hydrogen-bond donors (Lipinski definition) is 2. The molecule has 0 radical (unpaired) electrons. The van der Waals surface area contributed by atoms with Gasteiger partial charge in [-0.25, -0.2) is 0 Å². The minimum Gasteiger partial charge on any atom is -0.507 e. The van der Waals surface area contributed by atoms with Crippen molar-refractivity contribution in [2.45, 2.75) is 32.2 Å². The molecule has 1 aromatic rings. The fourth-order valence-electron chi connectivity index (χ4n) is 1.88. The lowest BCUT2D eigenvalue weighted by Gasteiger charge is -2.15. The second-order valence-corrected chi connectivity index (χ2v) is 5.36. The Morgan fingerprint density at radius 3 is 2.80 bits per heavy atom. The van der Waals surface area contributed by atoms with Crippen molar-refractivity contribution >= 4 is 15.9 Å². The molecule has 1 aliphatic rings. The molecule has 0 saturated heterocycles. The normalized spacial score (nSPS) is 17.8. The van der Waals surface area contributed by atoms with Gasteiger partial charge in [0.1, 0.15) is 5.75 Å². The lowest BCUT2D eigenvalue weighted by atomic mass is 9.99. The zero-order valence-electron chi connectivity index (χ0n) is 8.83. The van der Waals surface area contributed by atoms with E-state index in [4.69, 9.17) is 5.73 Å². The van der Waals surface area contributed by atoms with Gasteiger partial charge in [-0.05, 0) is 37.0 Å². The Balaban J connectivity index is 2.24. The molecular formula is C12H16BrNO. The maximum absolute atomic E-state index is 9.92. The van der Waals surface area contributed by atoms with Gasteiger partial charge in [0.05, 0.1) is 0 Å². The molecule has 1 aliphatic carbocycles. The second-order valence-electron chi connectivity index (χ2n) is 4.45. The van der Waals surface area contributed by atoms with Gasteiger partial charge in [-0.3, -0.25) is 0 Å². The van der Waals surface area contributed by atoms with Crippen molar-refractivity contribution < 1.29 is 5.11 Å². The molecule has 0 amide bonds. The van der Waals surface area contributed by atoms with Crippen LogP contribution in [0, 0.1) is 12.8 Å². The molecule has 1 atom stereocenters. The van der Waals surface area contributed by atoms with Gasteiger partial charge >= 0.3 is 0 Å². The monoisotopic (exact) mass is 269 g/mol. The quantitative estimate of drug-likeness (QED) is 0.885. The van der Waals surface area contributed by atoms with Crippen molar-refractivity contribution in [3.05, 3.63) is 27.7 Å². The van der Waals surface area contributed by atoms with Crippen LogP contribution in [0.15, 0.2) is 16.6 Å². The Hall–Kier alpha value is -0.540. The third-order valence-electron chi connectivity index (χ3n) is 2.98. The molecule has 1 aromatic carbocycles. The van der Waals surface area contributed by atoms with Crippen LogP contribution < -0.4 is 5.73 Å². The summed E-state index contributed by atoms with van der Waals surface area (Å²) in [5.41, 5.74) is 7.84. The lowest BCUT2D eigenvalue weighted by Crippen LogP contribution is -2.11. The number of hydrogen-bond acceptors (Lipinski definition) is 2. The van der Waals surface area contributed by atoms with E-state index in [2.05, 4.69) is 15.9 Å². The first-order valence-corrected chi connectivity index (χ1v) is 6.12. The number of aryl methyl sites for hydroxylation is 1. The minimum absolute atomic E-state index is 0.0336. The van der Waals surface area contributed by atoms with Crippen LogP contribution >= 0.6 is 15.9 Å². The van der Waals surface area contributed by atoms with E-state index in [9.17, 15) is 5.11 Å². The number of phenolic OH excluding ortho intramolecular Hbond substituents is 1. The first-order chi connectivity index (χ1) is 7.08. The van der Waals surface area contributed by atoms with Crippen molar-refractivity contribution in [1.82, 2.24) is 0 Å². The van der Waals surface area contributed by atoms with Gasteiger partial charge in [-0.1, -0.05) is 28.8 Å². The average Bonchev–Trinajstić information content (AvgIpc) is 2.94. The molecule has 15 heavy (non-hydrogen) atoms. The highest BCUT2D eigenvalue weighted by molar-refractivity contribution is 9.10. The summed E-state index contributed by atoms with van der Waals surface area (Å²) in [7, 11) is 0. The zero-order chi connectivity index (χ0) is 11.0. The Morgan fingerprint density at radius 2 is 2.20 bits per heavy atom. The third kappa shape index (κ3) is 2.52. The molecule has 0 unspecified atom stereocenters. The van der Waals surface area contributed by atoms with E-state index < -0.39 is 0 Å². The van der Waals surface area contributed by atoms with Crippen molar-refractivity contribution in [1.29, 1.82) is 0 Å². The van der Waals surface area contributed by atoms with E-state index in [1.807, 2.05) is 19.1 Å². The van der Waals surface area contributed by atoms with Crippen LogP contribution in [-0.2, 0) is 0 Å². The molecule has 2 rings (SSSR count). The molecule has 0 aliphatic heterocycles. The Labute approximate surface area is 98.6 Å². The number of nitrogens with two attached hydrogens (primary N) is 1. The average molecular weight is 270 g/mol. The Morgan fingerprint density at radius 1 is 1.53 bits per heavy atom. The Bertz CT molecular complexity index is 374. The van der Waals surface area contributed by atoms with Crippen LogP contribution in [0.2, 0.25) is 0 Å². The summed E-state index contributed by atoms with van der Waals surface area (Å²) in [5.74, 6) is 1.13. The highest BCUT2D eigenvalue weighted by atomic mass is 79.9. The summed E-state index contributed by atoms with van der Waals surface area (Å²) >= 11 is 3.43. The van der Waals surface area contributed by atoms with Crippen LogP contribution in [0.3, 0.4) is 0 Å². The van der Waals surface area contributed by atoms with E-state index in [-0.39, 0.29) is 6.04 Å². The first kappa shape index (κ1) is 11.0. The maximum Gasteiger partial charge on any atom is 0.123 e. The van der Waals surface area contributed by atoms with Crippen LogP contribution in [0.4, 0.5) is 0 Å². The SMILES string of the molecule is Cc1cc(Br)cc([C@@H](N)CC2CC2)c1O. The summed E-state index contributed by atoms with van der Waals surface area (Å²) in [4.78, 5) is 0. The van der Waals surface area contributed by atoms with Gasteiger partial charge in [-0.2, -0.15) is 0 Å². The summed E-state index contributed by atoms with van der Waals surface area (Å²) in [6.45, 7) is 1.90. The molecule has 0 heterocycles. The molecule has 3 heteroatoms. The summed E-state index contributed by atoms with van der Waals surface area (Å²) < 4.78 is 0.985. The van der Waals surface area contributed by atoms with Gasteiger partial charge in [0.25, 0.3) is 0 Å². The van der Waals surface area contributed by atoms with E-state index in [0.29, 0.717) is 5.75 Å². The number of rotatable bonds is 3. The van der Waals surface area contributed by atoms with Crippen molar-refractivity contribution in [2.75, 3.05) is 0 Å². The number of phenols is 1. The highest BCUT2D eigenvalue weighted by Crippen LogP contribution is 2.39. The van der Waals surface area contributed by atoms with Gasteiger partial charge in [-0.15, -0.1) is 0 Å². The Kier molecular flexibility index (Phi) is 3.03. The fourth-order valence-corrected chi connectivity index (χ4v) is 2.47. The van der Waals surface area contributed by atoms with Gasteiger partial charge in [0.15, 0.2) is 0 Å². The largest absolute Gasteiger partial charge is 0.507 e. The van der Waals surface area contributed by atoms with Crippen LogP contribution in [-0.4, -0.2) is 5.11 Å². The molecule has 3 N–H and O–H groups in total. The smallest absolute Gasteiger partial charge is 0.123 e. The van der Waals surface area contributed by atoms with E-state index in [1.165, 1.54) is 12.8 Å². The number of halogens is 1. The summed E-state index contributed by atoms with van der Waals surface area (Å²) in [6, 6.07) is 3.80. The van der Waals surface area contributed by atoms with E-state index in [0.717, 1.165) is 27.9 Å². The van der Waals surface area contributed by atoms with Crippen molar-refractivity contribution in [2.24, 2.45) is 11.7 Å². The zero-order valence-corrected chi connectivity index (χ0v) is 10.4. The molecule has 1 fully saturated rings. The van der Waals surface area contributed by atoms with Gasteiger partial charge < -0.3 is 10.8 Å².